The molecule has 0 saturated carbocycles. The highest BCUT2D eigenvalue weighted by Crippen LogP contribution is 2.29. The van der Waals surface area contributed by atoms with Crippen LogP contribution < -0.4 is 10.6 Å². The molecule has 0 saturated heterocycles. The number of nitrogens with one attached hydrogen (secondary N) is 2. The standard InChI is InChI=1S/C22H21FN6OS/c1-3-4-16-12-20(29-21(26-16)24-13-25-29)31-18-9-7-15(8-10-18)27-22(30)28-17-6-5-14(2)19(23)11-17/h5-13H,3-4H2,1-2H3,(H2,27,28,30). The number of nitrogens with zero attached hydrogens (tertiary/aromatic N) is 4. The molecule has 158 valence electrons. The van der Waals surface area contributed by atoms with Crippen LogP contribution >= 0.6 is 11.8 Å². The van der Waals surface area contributed by atoms with Gasteiger partial charge in [0.1, 0.15) is 17.2 Å². The summed E-state index contributed by atoms with van der Waals surface area (Å²) in [6.07, 6.45) is 3.37. The minimum absolute atomic E-state index is 0.362. The minimum atomic E-state index is -0.439. The molecule has 0 fully saturated rings. The van der Waals surface area contributed by atoms with E-state index in [4.69, 9.17) is 0 Å². The molecular weight excluding hydrogens is 415 g/mol. The van der Waals surface area contributed by atoms with Crippen LogP contribution in [-0.2, 0) is 6.42 Å². The van der Waals surface area contributed by atoms with Gasteiger partial charge in [0.05, 0.1) is 0 Å². The molecule has 0 atom stereocenters. The van der Waals surface area contributed by atoms with Gasteiger partial charge in [-0.25, -0.2) is 14.2 Å². The van der Waals surface area contributed by atoms with E-state index in [1.807, 2.05) is 30.3 Å². The molecule has 0 spiro atoms. The van der Waals surface area contributed by atoms with Crippen LogP contribution in [0.15, 0.2) is 64.8 Å². The third-order valence-corrected chi connectivity index (χ3v) is 5.55. The van der Waals surface area contributed by atoms with E-state index in [1.54, 1.807) is 35.3 Å². The number of amides is 2. The van der Waals surface area contributed by atoms with E-state index >= 15 is 0 Å². The van der Waals surface area contributed by atoms with Crippen molar-refractivity contribution >= 4 is 34.9 Å². The van der Waals surface area contributed by atoms with Crippen molar-refractivity contribution in [3.05, 3.63) is 71.9 Å². The van der Waals surface area contributed by atoms with Gasteiger partial charge in [0.25, 0.3) is 5.78 Å². The van der Waals surface area contributed by atoms with E-state index in [-0.39, 0.29) is 5.82 Å². The van der Waals surface area contributed by atoms with Crippen LogP contribution in [0, 0.1) is 12.7 Å². The number of anilines is 2. The van der Waals surface area contributed by atoms with Crippen LogP contribution in [0.2, 0.25) is 0 Å². The lowest BCUT2D eigenvalue weighted by molar-refractivity contribution is 0.262. The number of benzene rings is 2. The molecular formula is C22H21FN6OS. The molecule has 0 aliphatic rings. The molecule has 0 aliphatic carbocycles. The maximum absolute atomic E-state index is 13.6. The Labute approximate surface area is 183 Å². The van der Waals surface area contributed by atoms with Crippen molar-refractivity contribution in [3.8, 4) is 0 Å². The molecule has 2 aromatic heterocycles. The second-order valence-corrected chi connectivity index (χ2v) is 8.07. The third-order valence-electron chi connectivity index (χ3n) is 4.54. The smallest absolute Gasteiger partial charge is 0.308 e. The van der Waals surface area contributed by atoms with E-state index in [9.17, 15) is 9.18 Å². The fourth-order valence-electron chi connectivity index (χ4n) is 2.98. The first-order valence-electron chi connectivity index (χ1n) is 9.83. The Morgan fingerprint density at radius 1 is 1.10 bits per heavy atom. The summed E-state index contributed by atoms with van der Waals surface area (Å²) in [6, 6.07) is 13.6. The largest absolute Gasteiger partial charge is 0.323 e. The molecule has 2 amide bonds. The summed E-state index contributed by atoms with van der Waals surface area (Å²) < 4.78 is 15.3. The van der Waals surface area contributed by atoms with Crippen LogP contribution in [0.4, 0.5) is 20.6 Å². The summed E-state index contributed by atoms with van der Waals surface area (Å²) in [7, 11) is 0. The Bertz CT molecular complexity index is 1220. The molecule has 0 unspecified atom stereocenters. The van der Waals surface area contributed by atoms with E-state index in [0.717, 1.165) is 28.5 Å². The highest BCUT2D eigenvalue weighted by molar-refractivity contribution is 7.99. The van der Waals surface area contributed by atoms with Crippen molar-refractivity contribution in [2.45, 2.75) is 36.6 Å². The first-order chi connectivity index (χ1) is 15.0. The van der Waals surface area contributed by atoms with Crippen molar-refractivity contribution in [1.82, 2.24) is 19.6 Å². The number of halogens is 1. The SMILES string of the molecule is CCCc1cc(Sc2ccc(NC(=O)Nc3ccc(C)c(F)c3)cc2)n2ncnc2n1. The molecule has 4 aromatic rings. The average Bonchev–Trinajstić information content (AvgIpc) is 3.21. The number of carbonyl (C=O) groups excluding carboxylic acids is 1. The van der Waals surface area contributed by atoms with Crippen LogP contribution in [0.25, 0.3) is 5.78 Å². The fourth-order valence-corrected chi connectivity index (χ4v) is 3.90. The summed E-state index contributed by atoms with van der Waals surface area (Å²) in [6.45, 7) is 3.78. The summed E-state index contributed by atoms with van der Waals surface area (Å²) in [5, 5.41) is 10.6. The molecule has 2 N–H and O–H groups in total. The van der Waals surface area contributed by atoms with Gasteiger partial charge < -0.3 is 10.6 Å². The molecule has 31 heavy (non-hydrogen) atoms. The highest BCUT2D eigenvalue weighted by Gasteiger charge is 2.10. The molecule has 0 radical (unpaired) electrons. The molecule has 2 heterocycles. The number of fused-ring (bicyclic) bond motifs is 1. The number of carbonyl (C=O) groups is 1. The van der Waals surface area contributed by atoms with Crippen LogP contribution in [0.3, 0.4) is 0 Å². The zero-order valence-electron chi connectivity index (χ0n) is 17.1. The van der Waals surface area contributed by atoms with E-state index in [0.29, 0.717) is 22.7 Å². The van der Waals surface area contributed by atoms with Gasteiger partial charge in [0.2, 0.25) is 0 Å². The van der Waals surface area contributed by atoms with Crippen molar-refractivity contribution < 1.29 is 9.18 Å². The number of hydrogen-bond acceptors (Lipinski definition) is 5. The summed E-state index contributed by atoms with van der Waals surface area (Å²) in [5.41, 5.74) is 2.53. The summed E-state index contributed by atoms with van der Waals surface area (Å²) >= 11 is 1.55. The molecule has 0 bridgehead atoms. The van der Waals surface area contributed by atoms with E-state index in [1.165, 1.54) is 12.4 Å². The van der Waals surface area contributed by atoms with Crippen molar-refractivity contribution in [2.75, 3.05) is 10.6 Å². The van der Waals surface area contributed by atoms with Gasteiger partial charge in [-0.1, -0.05) is 31.2 Å². The normalized spacial score (nSPS) is 10.9. The zero-order chi connectivity index (χ0) is 21.8. The molecule has 9 heteroatoms. The van der Waals surface area contributed by atoms with E-state index in [2.05, 4.69) is 32.6 Å². The number of hydrogen-bond donors (Lipinski definition) is 2. The lowest BCUT2D eigenvalue weighted by Crippen LogP contribution is -2.19. The van der Waals surface area contributed by atoms with Crippen molar-refractivity contribution in [2.24, 2.45) is 0 Å². The Kier molecular flexibility index (Phi) is 6.13. The topological polar surface area (TPSA) is 84.2 Å². The van der Waals surface area contributed by atoms with Gasteiger partial charge in [-0.15, -0.1) is 0 Å². The Morgan fingerprint density at radius 3 is 2.58 bits per heavy atom. The first-order valence-corrected chi connectivity index (χ1v) is 10.6. The van der Waals surface area contributed by atoms with Gasteiger partial charge in [0, 0.05) is 22.0 Å². The molecule has 2 aromatic carbocycles. The molecule has 0 aliphatic heterocycles. The maximum Gasteiger partial charge on any atom is 0.323 e. The number of rotatable bonds is 6. The third kappa shape index (κ3) is 5.00. The second-order valence-electron chi connectivity index (χ2n) is 6.98. The number of aryl methyl sites for hydroxylation is 2. The van der Waals surface area contributed by atoms with Gasteiger partial charge in [0.15, 0.2) is 0 Å². The predicted octanol–water partition coefficient (Wildman–Crippen LogP) is 5.32. The summed E-state index contributed by atoms with van der Waals surface area (Å²) in [5.74, 6) is 0.217. The van der Waals surface area contributed by atoms with Crippen LogP contribution in [-0.4, -0.2) is 25.6 Å². The number of aromatic nitrogens is 4. The monoisotopic (exact) mass is 436 g/mol. The first kappa shape index (κ1) is 20.8. The Morgan fingerprint density at radius 2 is 1.84 bits per heavy atom. The molecule has 4 rings (SSSR count). The highest BCUT2D eigenvalue weighted by atomic mass is 32.2. The van der Waals surface area contributed by atoms with Gasteiger partial charge in [-0.3, -0.25) is 0 Å². The zero-order valence-corrected chi connectivity index (χ0v) is 17.9. The predicted molar refractivity (Wildman–Crippen MR) is 119 cm³/mol. The second kappa shape index (κ2) is 9.13. The van der Waals surface area contributed by atoms with Crippen LogP contribution in [0.1, 0.15) is 24.6 Å². The van der Waals surface area contributed by atoms with Gasteiger partial charge in [-0.05, 0) is 61.4 Å². The Balaban J connectivity index is 1.44. The van der Waals surface area contributed by atoms with Crippen LogP contribution in [0.5, 0.6) is 0 Å². The van der Waals surface area contributed by atoms with Gasteiger partial charge in [-0.2, -0.15) is 14.6 Å². The van der Waals surface area contributed by atoms with Crippen molar-refractivity contribution in [3.63, 3.8) is 0 Å². The number of urea groups is 1. The quantitative estimate of drug-likeness (QED) is 0.400. The lowest BCUT2D eigenvalue weighted by atomic mass is 10.2. The summed E-state index contributed by atoms with van der Waals surface area (Å²) in [4.78, 5) is 21.9. The molecule has 7 nitrogen and oxygen atoms in total. The average molecular weight is 437 g/mol. The maximum atomic E-state index is 13.6. The van der Waals surface area contributed by atoms with E-state index < -0.39 is 6.03 Å². The lowest BCUT2D eigenvalue weighted by Gasteiger charge is -2.10. The van der Waals surface area contributed by atoms with Crippen molar-refractivity contribution in [1.29, 1.82) is 0 Å². The fraction of sp³-hybridized carbons (Fsp3) is 0.182. The Hall–Kier alpha value is -3.46. The minimum Gasteiger partial charge on any atom is -0.308 e. The van der Waals surface area contributed by atoms with Gasteiger partial charge >= 0.3 is 6.03 Å².